The number of benzene rings is 2. The van der Waals surface area contributed by atoms with Crippen molar-refractivity contribution in [2.24, 2.45) is 0 Å². The Hall–Kier alpha value is -1.98. The summed E-state index contributed by atoms with van der Waals surface area (Å²) in [5, 5.41) is 1.71. The fourth-order valence-electron chi connectivity index (χ4n) is 2.40. The Labute approximate surface area is 134 Å². The molecule has 1 N–H and O–H groups in total. The van der Waals surface area contributed by atoms with Crippen molar-refractivity contribution >= 4 is 38.2 Å². The van der Waals surface area contributed by atoms with Gasteiger partial charge in [-0.1, -0.05) is 23.7 Å². The third kappa shape index (κ3) is 3.43. The van der Waals surface area contributed by atoms with Gasteiger partial charge >= 0.3 is 0 Å². The summed E-state index contributed by atoms with van der Waals surface area (Å²) in [6, 6.07) is 15.2. The van der Waals surface area contributed by atoms with Gasteiger partial charge in [-0.25, -0.2) is 8.42 Å². The first kappa shape index (κ1) is 14.9. The van der Waals surface area contributed by atoms with E-state index in [0.717, 1.165) is 34.3 Å². The molecule has 0 spiro atoms. The van der Waals surface area contributed by atoms with Crippen LogP contribution in [0.1, 0.15) is 5.56 Å². The van der Waals surface area contributed by atoms with Crippen LogP contribution in [0.15, 0.2) is 54.7 Å². The number of sulfonamides is 1. The van der Waals surface area contributed by atoms with Gasteiger partial charge in [-0.2, -0.15) is 0 Å². The average Bonchev–Trinajstić information content (AvgIpc) is 2.82. The van der Waals surface area contributed by atoms with Gasteiger partial charge in [0.25, 0.3) is 0 Å². The normalized spacial score (nSPS) is 11.7. The molecule has 6 heteroatoms. The van der Waals surface area contributed by atoms with Crippen molar-refractivity contribution in [1.82, 2.24) is 4.57 Å². The zero-order valence-corrected chi connectivity index (χ0v) is 13.5. The molecule has 0 bridgehead atoms. The van der Waals surface area contributed by atoms with E-state index in [1.807, 2.05) is 48.7 Å². The fraction of sp³-hybridized carbons (Fsp3) is 0.125. The number of aromatic nitrogens is 1. The summed E-state index contributed by atoms with van der Waals surface area (Å²) in [5.41, 5.74) is 2.77. The van der Waals surface area contributed by atoms with Gasteiger partial charge in [-0.3, -0.25) is 4.72 Å². The molecule has 0 amide bonds. The van der Waals surface area contributed by atoms with Crippen LogP contribution in [0.25, 0.3) is 10.9 Å². The Morgan fingerprint density at radius 1 is 1.09 bits per heavy atom. The van der Waals surface area contributed by atoms with E-state index < -0.39 is 10.0 Å². The van der Waals surface area contributed by atoms with Gasteiger partial charge in [0.2, 0.25) is 10.0 Å². The molecule has 1 heterocycles. The highest BCUT2D eigenvalue weighted by atomic mass is 35.5. The van der Waals surface area contributed by atoms with Crippen LogP contribution < -0.4 is 4.72 Å². The van der Waals surface area contributed by atoms with Crippen molar-refractivity contribution in [1.29, 1.82) is 0 Å². The van der Waals surface area contributed by atoms with Gasteiger partial charge < -0.3 is 4.57 Å². The first-order valence-electron chi connectivity index (χ1n) is 6.72. The number of rotatable bonds is 4. The molecular formula is C16H15ClN2O2S. The van der Waals surface area contributed by atoms with Crippen LogP contribution >= 0.6 is 11.6 Å². The van der Waals surface area contributed by atoms with E-state index in [0.29, 0.717) is 5.69 Å². The van der Waals surface area contributed by atoms with Crippen LogP contribution in [0.3, 0.4) is 0 Å². The van der Waals surface area contributed by atoms with Gasteiger partial charge in [0.05, 0.1) is 6.26 Å². The minimum Gasteiger partial charge on any atom is -0.343 e. The smallest absolute Gasteiger partial charge is 0.229 e. The number of halogens is 1. The Kier molecular flexibility index (Phi) is 3.85. The fourth-order valence-corrected chi connectivity index (χ4v) is 3.08. The topological polar surface area (TPSA) is 51.1 Å². The third-order valence-corrected chi connectivity index (χ3v) is 4.20. The van der Waals surface area contributed by atoms with Crippen molar-refractivity contribution in [3.05, 3.63) is 65.3 Å². The van der Waals surface area contributed by atoms with Crippen LogP contribution in [-0.4, -0.2) is 19.2 Å². The summed E-state index contributed by atoms with van der Waals surface area (Å²) >= 11 is 5.90. The molecule has 114 valence electrons. The summed E-state index contributed by atoms with van der Waals surface area (Å²) in [6.07, 6.45) is 3.13. The van der Waals surface area contributed by atoms with Crippen LogP contribution in [-0.2, 0) is 16.6 Å². The molecular weight excluding hydrogens is 320 g/mol. The lowest BCUT2D eigenvalue weighted by molar-refractivity contribution is 0.607. The van der Waals surface area contributed by atoms with E-state index in [1.54, 1.807) is 6.07 Å². The molecule has 0 atom stereocenters. The highest BCUT2D eigenvalue weighted by Crippen LogP contribution is 2.22. The molecule has 0 aliphatic heterocycles. The second-order valence-electron chi connectivity index (χ2n) is 5.22. The number of hydrogen-bond donors (Lipinski definition) is 1. The molecule has 0 saturated carbocycles. The molecule has 2 aromatic carbocycles. The molecule has 0 saturated heterocycles. The second-order valence-corrected chi connectivity index (χ2v) is 7.40. The number of nitrogens with zero attached hydrogens (tertiary/aromatic N) is 1. The lowest BCUT2D eigenvalue weighted by Crippen LogP contribution is -2.09. The lowest BCUT2D eigenvalue weighted by Gasteiger charge is -2.07. The Morgan fingerprint density at radius 2 is 1.82 bits per heavy atom. The van der Waals surface area contributed by atoms with Crippen LogP contribution in [0.5, 0.6) is 0 Å². The van der Waals surface area contributed by atoms with Gasteiger partial charge in [-0.15, -0.1) is 0 Å². The maximum absolute atomic E-state index is 11.3. The number of hydrogen-bond acceptors (Lipinski definition) is 2. The maximum Gasteiger partial charge on any atom is 0.229 e. The van der Waals surface area contributed by atoms with Gasteiger partial charge in [0.15, 0.2) is 0 Å². The van der Waals surface area contributed by atoms with Crippen molar-refractivity contribution in [3.8, 4) is 0 Å². The minimum absolute atomic E-state index is 0.569. The van der Waals surface area contributed by atoms with Crippen LogP contribution in [0.2, 0.25) is 5.02 Å². The molecule has 22 heavy (non-hydrogen) atoms. The molecule has 0 unspecified atom stereocenters. The standard InChI is InChI=1S/C16H15ClN2O2S/c1-22(20,21)18-15-6-7-16-13(10-15)8-9-19(16)11-12-2-4-14(17)5-3-12/h2-10,18H,11H2,1H3. The van der Waals surface area contributed by atoms with E-state index in [-0.39, 0.29) is 0 Å². The van der Waals surface area contributed by atoms with Gasteiger partial charge in [0.1, 0.15) is 0 Å². The molecule has 3 rings (SSSR count). The first-order valence-corrected chi connectivity index (χ1v) is 8.99. The van der Waals surface area contributed by atoms with Gasteiger partial charge in [0, 0.05) is 34.4 Å². The summed E-state index contributed by atoms with van der Waals surface area (Å²) in [5.74, 6) is 0. The number of nitrogens with one attached hydrogen (secondary N) is 1. The molecule has 1 aromatic heterocycles. The van der Waals surface area contributed by atoms with Crippen LogP contribution in [0.4, 0.5) is 5.69 Å². The Balaban J connectivity index is 1.90. The van der Waals surface area contributed by atoms with Crippen molar-refractivity contribution < 1.29 is 8.42 Å². The molecule has 0 aliphatic rings. The third-order valence-electron chi connectivity index (χ3n) is 3.34. The second kappa shape index (κ2) is 5.66. The summed E-state index contributed by atoms with van der Waals surface area (Å²) in [4.78, 5) is 0. The summed E-state index contributed by atoms with van der Waals surface area (Å²) < 4.78 is 27.2. The highest BCUT2D eigenvalue weighted by molar-refractivity contribution is 7.92. The van der Waals surface area contributed by atoms with Crippen molar-refractivity contribution in [2.75, 3.05) is 11.0 Å². The predicted octanol–water partition coefficient (Wildman–Crippen LogP) is 3.71. The molecule has 4 nitrogen and oxygen atoms in total. The minimum atomic E-state index is -3.26. The Bertz CT molecular complexity index is 915. The first-order chi connectivity index (χ1) is 10.4. The zero-order valence-electron chi connectivity index (χ0n) is 12.0. The van der Waals surface area contributed by atoms with E-state index in [9.17, 15) is 8.42 Å². The predicted molar refractivity (Wildman–Crippen MR) is 91.0 cm³/mol. The van der Waals surface area contributed by atoms with E-state index in [2.05, 4.69) is 9.29 Å². The molecule has 3 aromatic rings. The summed E-state index contributed by atoms with van der Waals surface area (Å²) in [6.45, 7) is 0.736. The monoisotopic (exact) mass is 334 g/mol. The Morgan fingerprint density at radius 3 is 2.50 bits per heavy atom. The summed E-state index contributed by atoms with van der Waals surface area (Å²) in [7, 11) is -3.26. The molecule has 0 aliphatic carbocycles. The van der Waals surface area contributed by atoms with Gasteiger partial charge in [-0.05, 0) is 42.0 Å². The number of anilines is 1. The molecule has 0 fully saturated rings. The average molecular weight is 335 g/mol. The van der Waals surface area contributed by atoms with Crippen molar-refractivity contribution in [3.63, 3.8) is 0 Å². The van der Waals surface area contributed by atoms with Crippen molar-refractivity contribution in [2.45, 2.75) is 6.54 Å². The molecule has 0 radical (unpaired) electrons. The number of fused-ring (bicyclic) bond motifs is 1. The SMILES string of the molecule is CS(=O)(=O)Nc1ccc2c(ccn2Cc2ccc(Cl)cc2)c1. The van der Waals surface area contributed by atoms with E-state index in [4.69, 9.17) is 11.6 Å². The van der Waals surface area contributed by atoms with E-state index in [1.165, 1.54) is 0 Å². The highest BCUT2D eigenvalue weighted by Gasteiger charge is 2.06. The largest absolute Gasteiger partial charge is 0.343 e. The zero-order chi connectivity index (χ0) is 15.7. The van der Waals surface area contributed by atoms with E-state index >= 15 is 0 Å². The quantitative estimate of drug-likeness (QED) is 0.790. The lowest BCUT2D eigenvalue weighted by atomic mass is 10.2. The van der Waals surface area contributed by atoms with Crippen LogP contribution in [0, 0.1) is 0 Å². The maximum atomic E-state index is 11.3.